The van der Waals surface area contributed by atoms with Crippen molar-refractivity contribution in [3.05, 3.63) is 65.7 Å². The average molecular weight is 339 g/mol. The number of ether oxygens (including phenoxy) is 1. The van der Waals surface area contributed by atoms with E-state index in [1.807, 2.05) is 48.5 Å². The molecule has 1 amide bonds. The summed E-state index contributed by atoms with van der Waals surface area (Å²) in [5, 5.41) is 3.02. The second-order valence-electron chi connectivity index (χ2n) is 6.32. The molecule has 1 fully saturated rings. The van der Waals surface area contributed by atoms with Crippen molar-refractivity contribution in [1.82, 2.24) is 4.90 Å². The standard InChI is InChI=1S/C20H25N3O2/c21-18(16-6-2-1-3-7-16)14-20(24)22-19-9-5-4-8-17(19)15-23-10-12-25-13-11-23/h1-9,18H,10-15,21H2,(H,22,24). The fourth-order valence-electron chi connectivity index (χ4n) is 3.00. The topological polar surface area (TPSA) is 67.6 Å². The first-order chi connectivity index (χ1) is 12.2. The number of hydrogen-bond acceptors (Lipinski definition) is 4. The number of para-hydroxylation sites is 1. The molecule has 0 aromatic heterocycles. The van der Waals surface area contributed by atoms with Gasteiger partial charge in [-0.05, 0) is 17.2 Å². The van der Waals surface area contributed by atoms with Crippen molar-refractivity contribution in [2.24, 2.45) is 5.73 Å². The van der Waals surface area contributed by atoms with Crippen molar-refractivity contribution in [2.75, 3.05) is 31.6 Å². The van der Waals surface area contributed by atoms with E-state index in [2.05, 4.69) is 16.3 Å². The summed E-state index contributed by atoms with van der Waals surface area (Å²) in [6.07, 6.45) is 0.260. The molecule has 5 heteroatoms. The quantitative estimate of drug-likeness (QED) is 0.849. The molecule has 1 aliphatic rings. The number of nitrogens with zero attached hydrogens (tertiary/aromatic N) is 1. The van der Waals surface area contributed by atoms with E-state index in [4.69, 9.17) is 10.5 Å². The third-order valence-electron chi connectivity index (χ3n) is 4.42. The molecule has 1 atom stereocenters. The predicted molar refractivity (Wildman–Crippen MR) is 99.2 cm³/mol. The van der Waals surface area contributed by atoms with Crippen LogP contribution in [0.3, 0.4) is 0 Å². The molecule has 0 aliphatic carbocycles. The smallest absolute Gasteiger partial charge is 0.226 e. The summed E-state index contributed by atoms with van der Waals surface area (Å²) >= 11 is 0. The molecule has 1 aliphatic heterocycles. The molecule has 25 heavy (non-hydrogen) atoms. The van der Waals surface area contributed by atoms with Crippen molar-refractivity contribution >= 4 is 11.6 Å². The number of hydrogen-bond donors (Lipinski definition) is 2. The molecule has 5 nitrogen and oxygen atoms in total. The lowest BCUT2D eigenvalue weighted by molar-refractivity contribution is -0.116. The second kappa shape index (κ2) is 8.76. The predicted octanol–water partition coefficient (Wildman–Crippen LogP) is 2.55. The number of nitrogens with one attached hydrogen (secondary N) is 1. The molecule has 0 radical (unpaired) electrons. The number of amides is 1. The fraction of sp³-hybridized carbons (Fsp3) is 0.350. The summed E-state index contributed by atoms with van der Waals surface area (Å²) in [5.74, 6) is -0.0641. The zero-order chi connectivity index (χ0) is 17.5. The van der Waals surface area contributed by atoms with Gasteiger partial charge in [0.2, 0.25) is 5.91 Å². The van der Waals surface area contributed by atoms with Crippen LogP contribution in [0.15, 0.2) is 54.6 Å². The van der Waals surface area contributed by atoms with Crippen LogP contribution in [-0.4, -0.2) is 37.1 Å². The van der Waals surface area contributed by atoms with E-state index in [0.29, 0.717) is 0 Å². The van der Waals surface area contributed by atoms with Gasteiger partial charge in [0.15, 0.2) is 0 Å². The van der Waals surface area contributed by atoms with Crippen molar-refractivity contribution in [1.29, 1.82) is 0 Å². The van der Waals surface area contributed by atoms with Gasteiger partial charge in [-0.2, -0.15) is 0 Å². The largest absolute Gasteiger partial charge is 0.379 e. The van der Waals surface area contributed by atoms with Gasteiger partial charge in [-0.25, -0.2) is 0 Å². The van der Waals surface area contributed by atoms with Crippen molar-refractivity contribution in [3.8, 4) is 0 Å². The zero-order valence-electron chi connectivity index (χ0n) is 14.4. The fourth-order valence-corrected chi connectivity index (χ4v) is 3.00. The summed E-state index contributed by atoms with van der Waals surface area (Å²) in [7, 11) is 0. The lowest BCUT2D eigenvalue weighted by Gasteiger charge is -2.27. The molecule has 1 unspecified atom stereocenters. The molecule has 2 aromatic carbocycles. The van der Waals surface area contributed by atoms with Crippen LogP contribution in [0.25, 0.3) is 0 Å². The van der Waals surface area contributed by atoms with Gasteiger partial charge >= 0.3 is 0 Å². The lowest BCUT2D eigenvalue weighted by Crippen LogP contribution is -2.35. The van der Waals surface area contributed by atoms with E-state index in [1.165, 1.54) is 0 Å². The Bertz CT molecular complexity index is 684. The summed E-state index contributed by atoms with van der Waals surface area (Å²) in [6.45, 7) is 4.17. The Labute approximate surface area is 148 Å². The average Bonchev–Trinajstić information content (AvgIpc) is 2.65. The molecule has 132 valence electrons. The third kappa shape index (κ3) is 5.13. The van der Waals surface area contributed by atoms with Crippen LogP contribution in [0.1, 0.15) is 23.6 Å². The SMILES string of the molecule is NC(CC(=O)Nc1ccccc1CN1CCOCC1)c1ccccc1. The van der Waals surface area contributed by atoms with Gasteiger partial charge in [0.1, 0.15) is 0 Å². The van der Waals surface area contributed by atoms with Gasteiger partial charge in [0.25, 0.3) is 0 Å². The van der Waals surface area contributed by atoms with E-state index < -0.39 is 0 Å². The van der Waals surface area contributed by atoms with Gasteiger partial charge in [-0.1, -0.05) is 48.5 Å². The van der Waals surface area contributed by atoms with Crippen LogP contribution in [0.2, 0.25) is 0 Å². The minimum absolute atomic E-state index is 0.0641. The highest BCUT2D eigenvalue weighted by molar-refractivity contribution is 5.92. The van der Waals surface area contributed by atoms with Gasteiger partial charge in [0, 0.05) is 37.8 Å². The van der Waals surface area contributed by atoms with Crippen LogP contribution >= 0.6 is 0 Å². The Morgan fingerprint density at radius 1 is 1.08 bits per heavy atom. The maximum absolute atomic E-state index is 12.4. The Balaban J connectivity index is 1.61. The molecule has 3 rings (SSSR count). The molecule has 0 saturated carbocycles. The Hall–Kier alpha value is -2.21. The van der Waals surface area contributed by atoms with Crippen LogP contribution in [0, 0.1) is 0 Å². The van der Waals surface area contributed by atoms with Crippen LogP contribution < -0.4 is 11.1 Å². The highest BCUT2D eigenvalue weighted by Gasteiger charge is 2.15. The normalized spacial score (nSPS) is 16.4. The van der Waals surface area contributed by atoms with Crippen molar-refractivity contribution in [3.63, 3.8) is 0 Å². The van der Waals surface area contributed by atoms with E-state index in [9.17, 15) is 4.79 Å². The van der Waals surface area contributed by atoms with Gasteiger partial charge < -0.3 is 15.8 Å². The molecule has 0 bridgehead atoms. The van der Waals surface area contributed by atoms with E-state index in [-0.39, 0.29) is 18.4 Å². The highest BCUT2D eigenvalue weighted by Crippen LogP contribution is 2.20. The second-order valence-corrected chi connectivity index (χ2v) is 6.32. The molecule has 1 saturated heterocycles. The maximum Gasteiger partial charge on any atom is 0.226 e. The molecule has 1 heterocycles. The highest BCUT2D eigenvalue weighted by atomic mass is 16.5. The number of anilines is 1. The first kappa shape index (κ1) is 17.6. The summed E-state index contributed by atoms with van der Waals surface area (Å²) in [4.78, 5) is 14.8. The lowest BCUT2D eigenvalue weighted by atomic mass is 10.0. The first-order valence-electron chi connectivity index (χ1n) is 8.71. The Morgan fingerprint density at radius 2 is 1.76 bits per heavy atom. The third-order valence-corrected chi connectivity index (χ3v) is 4.42. The number of carbonyl (C=O) groups excluding carboxylic acids is 1. The zero-order valence-corrected chi connectivity index (χ0v) is 14.4. The van der Waals surface area contributed by atoms with Crippen LogP contribution in [0.5, 0.6) is 0 Å². The number of morpholine rings is 1. The number of carbonyl (C=O) groups is 1. The molecule has 3 N–H and O–H groups in total. The van der Waals surface area contributed by atoms with E-state index in [1.54, 1.807) is 0 Å². The Kier molecular flexibility index (Phi) is 6.17. The monoisotopic (exact) mass is 339 g/mol. The summed E-state index contributed by atoms with van der Waals surface area (Å²) < 4.78 is 5.39. The van der Waals surface area contributed by atoms with Gasteiger partial charge in [-0.15, -0.1) is 0 Å². The number of rotatable bonds is 6. The van der Waals surface area contributed by atoms with E-state index >= 15 is 0 Å². The minimum Gasteiger partial charge on any atom is -0.379 e. The number of nitrogens with two attached hydrogens (primary N) is 1. The van der Waals surface area contributed by atoms with Crippen molar-refractivity contribution in [2.45, 2.75) is 19.0 Å². The van der Waals surface area contributed by atoms with E-state index in [0.717, 1.165) is 49.7 Å². The maximum atomic E-state index is 12.4. The molecule has 0 spiro atoms. The summed E-state index contributed by atoms with van der Waals surface area (Å²) in [6, 6.07) is 17.4. The molecular formula is C20H25N3O2. The molecule has 2 aromatic rings. The minimum atomic E-state index is -0.299. The van der Waals surface area contributed by atoms with Crippen LogP contribution in [-0.2, 0) is 16.1 Å². The molecular weight excluding hydrogens is 314 g/mol. The first-order valence-corrected chi connectivity index (χ1v) is 8.71. The van der Waals surface area contributed by atoms with Gasteiger partial charge in [-0.3, -0.25) is 9.69 Å². The summed E-state index contributed by atoms with van der Waals surface area (Å²) in [5.41, 5.74) is 9.10. The number of benzene rings is 2. The van der Waals surface area contributed by atoms with Gasteiger partial charge in [0.05, 0.1) is 13.2 Å². The van der Waals surface area contributed by atoms with Crippen molar-refractivity contribution < 1.29 is 9.53 Å². The Morgan fingerprint density at radius 3 is 2.52 bits per heavy atom. The van der Waals surface area contributed by atoms with Crippen LogP contribution in [0.4, 0.5) is 5.69 Å².